The summed E-state index contributed by atoms with van der Waals surface area (Å²) in [5, 5.41) is 14.9. The lowest BCUT2D eigenvalue weighted by molar-refractivity contribution is 0.531. The Morgan fingerprint density at radius 1 is 1.26 bits per heavy atom. The molecule has 0 aliphatic rings. The van der Waals surface area contributed by atoms with Gasteiger partial charge >= 0.3 is 0 Å². The standard InChI is InChI=1S/C14H18ClN3S/c1-3-12(16-4-2)14-18-17-13(19-14)9-10-7-5-6-8-11(10)15/h5-8,12,16H,3-4,9H2,1-2H3. The van der Waals surface area contributed by atoms with E-state index in [-0.39, 0.29) is 0 Å². The molecule has 1 unspecified atom stereocenters. The third-order valence-corrected chi connectivity index (χ3v) is 4.34. The van der Waals surface area contributed by atoms with Crippen LogP contribution in [0.15, 0.2) is 24.3 Å². The minimum Gasteiger partial charge on any atom is -0.308 e. The Labute approximate surface area is 123 Å². The van der Waals surface area contributed by atoms with Crippen molar-refractivity contribution in [3.63, 3.8) is 0 Å². The smallest absolute Gasteiger partial charge is 0.134 e. The largest absolute Gasteiger partial charge is 0.308 e. The predicted octanol–water partition coefficient (Wildman–Crippen LogP) is 3.84. The first-order chi connectivity index (χ1) is 9.24. The van der Waals surface area contributed by atoms with Gasteiger partial charge in [0.1, 0.15) is 10.0 Å². The quantitative estimate of drug-likeness (QED) is 0.880. The fourth-order valence-corrected chi connectivity index (χ4v) is 3.16. The molecule has 0 saturated heterocycles. The second-order valence-corrected chi connectivity index (χ2v) is 5.82. The second-order valence-electron chi connectivity index (χ2n) is 4.32. The molecule has 102 valence electrons. The van der Waals surface area contributed by atoms with Crippen molar-refractivity contribution in [3.05, 3.63) is 44.9 Å². The lowest BCUT2D eigenvalue weighted by atomic mass is 10.2. The first kappa shape index (κ1) is 14.4. The lowest BCUT2D eigenvalue weighted by Crippen LogP contribution is -2.19. The third-order valence-electron chi connectivity index (χ3n) is 2.94. The molecule has 0 radical (unpaired) electrons. The molecule has 0 aliphatic heterocycles. The van der Waals surface area contributed by atoms with E-state index in [1.165, 1.54) is 0 Å². The number of aromatic nitrogens is 2. The summed E-state index contributed by atoms with van der Waals surface area (Å²) >= 11 is 7.83. The molecule has 19 heavy (non-hydrogen) atoms. The highest BCUT2D eigenvalue weighted by Gasteiger charge is 2.14. The maximum atomic E-state index is 6.16. The van der Waals surface area contributed by atoms with Crippen LogP contribution in [0.5, 0.6) is 0 Å². The number of hydrogen-bond acceptors (Lipinski definition) is 4. The van der Waals surface area contributed by atoms with Crippen molar-refractivity contribution in [1.82, 2.24) is 15.5 Å². The molecule has 0 fully saturated rings. The number of nitrogens with one attached hydrogen (secondary N) is 1. The molecule has 1 aromatic heterocycles. The van der Waals surface area contributed by atoms with Crippen LogP contribution < -0.4 is 5.32 Å². The Bertz CT molecular complexity index is 527. The van der Waals surface area contributed by atoms with E-state index < -0.39 is 0 Å². The Kier molecular flexibility index (Phi) is 5.31. The van der Waals surface area contributed by atoms with Gasteiger partial charge in [-0.1, -0.05) is 55.0 Å². The van der Waals surface area contributed by atoms with E-state index in [0.29, 0.717) is 6.04 Å². The van der Waals surface area contributed by atoms with E-state index in [1.54, 1.807) is 11.3 Å². The average Bonchev–Trinajstić information content (AvgIpc) is 2.87. The fraction of sp³-hybridized carbons (Fsp3) is 0.429. The van der Waals surface area contributed by atoms with Gasteiger partial charge in [0.15, 0.2) is 0 Å². The molecule has 1 atom stereocenters. The third kappa shape index (κ3) is 3.75. The van der Waals surface area contributed by atoms with Crippen LogP contribution in [0.3, 0.4) is 0 Å². The summed E-state index contributed by atoms with van der Waals surface area (Å²) in [6, 6.07) is 8.19. The topological polar surface area (TPSA) is 37.8 Å². The number of halogens is 1. The van der Waals surface area contributed by atoms with Crippen molar-refractivity contribution in [2.75, 3.05) is 6.54 Å². The van der Waals surface area contributed by atoms with Crippen LogP contribution in [-0.4, -0.2) is 16.7 Å². The molecule has 0 aliphatic carbocycles. The molecule has 1 aromatic carbocycles. The van der Waals surface area contributed by atoms with Crippen molar-refractivity contribution >= 4 is 22.9 Å². The van der Waals surface area contributed by atoms with E-state index in [2.05, 4.69) is 29.4 Å². The number of rotatable bonds is 6. The lowest BCUT2D eigenvalue weighted by Gasteiger charge is -2.10. The van der Waals surface area contributed by atoms with Gasteiger partial charge in [0, 0.05) is 11.4 Å². The zero-order valence-electron chi connectivity index (χ0n) is 11.2. The van der Waals surface area contributed by atoms with Crippen molar-refractivity contribution in [2.45, 2.75) is 32.7 Å². The van der Waals surface area contributed by atoms with Gasteiger partial charge in [-0.05, 0) is 24.6 Å². The van der Waals surface area contributed by atoms with E-state index in [9.17, 15) is 0 Å². The average molecular weight is 296 g/mol. The molecule has 0 bridgehead atoms. The highest BCUT2D eigenvalue weighted by Crippen LogP contribution is 2.24. The molecule has 5 heteroatoms. The monoisotopic (exact) mass is 295 g/mol. The van der Waals surface area contributed by atoms with Gasteiger partial charge in [-0.3, -0.25) is 0 Å². The molecule has 0 spiro atoms. The summed E-state index contributed by atoms with van der Waals surface area (Å²) < 4.78 is 0. The van der Waals surface area contributed by atoms with Crippen LogP contribution >= 0.6 is 22.9 Å². The van der Waals surface area contributed by atoms with E-state index in [0.717, 1.165) is 40.0 Å². The summed E-state index contributed by atoms with van der Waals surface area (Å²) in [6.07, 6.45) is 1.77. The predicted molar refractivity (Wildman–Crippen MR) is 80.9 cm³/mol. The summed E-state index contributed by atoms with van der Waals surface area (Å²) in [5.74, 6) is 0. The molecule has 1 heterocycles. The number of hydrogen-bond donors (Lipinski definition) is 1. The van der Waals surface area contributed by atoms with E-state index >= 15 is 0 Å². The fourth-order valence-electron chi connectivity index (χ4n) is 1.94. The highest BCUT2D eigenvalue weighted by atomic mass is 35.5. The van der Waals surface area contributed by atoms with Crippen LogP contribution in [0.2, 0.25) is 5.02 Å². The van der Waals surface area contributed by atoms with Crippen molar-refractivity contribution in [3.8, 4) is 0 Å². The van der Waals surface area contributed by atoms with Crippen molar-refractivity contribution in [1.29, 1.82) is 0 Å². The maximum absolute atomic E-state index is 6.16. The molecule has 2 aromatic rings. The summed E-state index contributed by atoms with van der Waals surface area (Å²) in [6.45, 7) is 5.20. The Balaban J connectivity index is 2.11. The minimum atomic E-state index is 0.308. The molecular formula is C14H18ClN3S. The number of benzene rings is 1. The highest BCUT2D eigenvalue weighted by molar-refractivity contribution is 7.11. The van der Waals surface area contributed by atoms with Crippen LogP contribution in [0.4, 0.5) is 0 Å². The Hall–Kier alpha value is -0.970. The Morgan fingerprint density at radius 3 is 2.74 bits per heavy atom. The normalized spacial score (nSPS) is 12.6. The number of nitrogens with zero attached hydrogens (tertiary/aromatic N) is 2. The molecule has 0 saturated carbocycles. The van der Waals surface area contributed by atoms with Crippen molar-refractivity contribution in [2.24, 2.45) is 0 Å². The van der Waals surface area contributed by atoms with Crippen LogP contribution in [0.25, 0.3) is 0 Å². The van der Waals surface area contributed by atoms with Crippen LogP contribution in [0, 0.1) is 0 Å². The maximum Gasteiger partial charge on any atom is 0.134 e. The van der Waals surface area contributed by atoms with Crippen LogP contribution in [-0.2, 0) is 6.42 Å². The van der Waals surface area contributed by atoms with Gasteiger partial charge in [-0.2, -0.15) is 0 Å². The first-order valence-electron chi connectivity index (χ1n) is 6.53. The Morgan fingerprint density at radius 2 is 2.05 bits per heavy atom. The minimum absolute atomic E-state index is 0.308. The van der Waals surface area contributed by atoms with Gasteiger partial charge in [0.05, 0.1) is 6.04 Å². The summed E-state index contributed by atoms with van der Waals surface area (Å²) in [4.78, 5) is 0. The SMILES string of the molecule is CCNC(CC)c1nnc(Cc2ccccc2Cl)s1. The zero-order valence-corrected chi connectivity index (χ0v) is 12.8. The van der Waals surface area contributed by atoms with Gasteiger partial charge in [-0.25, -0.2) is 0 Å². The van der Waals surface area contributed by atoms with Gasteiger partial charge in [0.25, 0.3) is 0 Å². The van der Waals surface area contributed by atoms with E-state index in [1.807, 2.05) is 24.3 Å². The van der Waals surface area contributed by atoms with Gasteiger partial charge in [-0.15, -0.1) is 10.2 Å². The molecule has 2 rings (SSSR count). The molecular weight excluding hydrogens is 278 g/mol. The van der Waals surface area contributed by atoms with Gasteiger partial charge < -0.3 is 5.32 Å². The summed E-state index contributed by atoms with van der Waals surface area (Å²) in [5.41, 5.74) is 1.10. The van der Waals surface area contributed by atoms with E-state index in [4.69, 9.17) is 11.6 Å². The first-order valence-corrected chi connectivity index (χ1v) is 7.73. The van der Waals surface area contributed by atoms with Crippen molar-refractivity contribution < 1.29 is 0 Å². The van der Waals surface area contributed by atoms with Crippen LogP contribution in [0.1, 0.15) is 41.9 Å². The molecule has 1 N–H and O–H groups in total. The summed E-state index contributed by atoms with van der Waals surface area (Å²) in [7, 11) is 0. The molecule has 0 amide bonds. The zero-order chi connectivity index (χ0) is 13.7. The van der Waals surface area contributed by atoms with Gasteiger partial charge in [0.2, 0.25) is 0 Å². The molecule has 3 nitrogen and oxygen atoms in total. The second kappa shape index (κ2) is 6.98.